The predicted octanol–water partition coefficient (Wildman–Crippen LogP) is 5.08. The van der Waals surface area contributed by atoms with Crippen molar-refractivity contribution in [3.8, 4) is 11.5 Å². The Labute approximate surface area is 236 Å². The molecule has 2 aromatic rings. The molecule has 40 heavy (non-hydrogen) atoms. The second-order valence-corrected chi connectivity index (χ2v) is 13.9. The third-order valence-corrected chi connectivity index (χ3v) is 11.9. The standard InChI is InChI=1S/C33H41NO6/c1-29(2,3)30(4,36)23-19-31-14-15-33(23,38-6)28-32(31)16-17-34(40-27(35)20-10-8-7-9-11-20)24(31)18-21-12-13-22(37-5)26(39-28)25(21)32/h7-13,23-24,28,36H,14-19H2,1-6H3/t23-,24?,28-,30+,31-,32+,33-/m1/s1. The van der Waals surface area contributed by atoms with Crippen molar-refractivity contribution < 1.29 is 28.9 Å². The first-order valence-corrected chi connectivity index (χ1v) is 14.7. The fourth-order valence-electron chi connectivity index (χ4n) is 9.59. The van der Waals surface area contributed by atoms with Gasteiger partial charge in [0.05, 0.1) is 24.3 Å². The lowest BCUT2D eigenvalue weighted by atomic mass is 9.33. The molecule has 4 bridgehead atoms. The maximum Gasteiger partial charge on any atom is 0.357 e. The van der Waals surface area contributed by atoms with Crippen LogP contribution in [0.15, 0.2) is 42.5 Å². The number of hydroxylamine groups is 2. The predicted molar refractivity (Wildman–Crippen MR) is 149 cm³/mol. The van der Waals surface area contributed by atoms with Crippen LogP contribution < -0.4 is 9.47 Å². The molecule has 4 fully saturated rings. The van der Waals surface area contributed by atoms with E-state index in [2.05, 4.69) is 26.8 Å². The highest BCUT2D eigenvalue weighted by atomic mass is 16.7. The minimum Gasteiger partial charge on any atom is -0.493 e. The molecule has 2 aromatic carbocycles. The molecule has 214 valence electrons. The first-order valence-electron chi connectivity index (χ1n) is 14.7. The molecule has 8 rings (SSSR count). The Kier molecular flexibility index (Phi) is 5.41. The van der Waals surface area contributed by atoms with Gasteiger partial charge in [-0.25, -0.2) is 4.79 Å². The zero-order valence-corrected chi connectivity index (χ0v) is 24.5. The molecule has 0 radical (unpaired) electrons. The van der Waals surface area contributed by atoms with Gasteiger partial charge in [0, 0.05) is 36.0 Å². The van der Waals surface area contributed by atoms with Gasteiger partial charge in [-0.05, 0) is 68.2 Å². The SMILES string of the molecule is COc1ccc2c3c1O[C@H]1[C@@]4(OC)CC[C@@]5(C[C@@H]4[C@](C)(O)C(C)(C)C)C(C2)N(OC(=O)c2ccccc2)CC[C@]315. The van der Waals surface area contributed by atoms with Gasteiger partial charge in [0.1, 0.15) is 11.7 Å². The average molecular weight is 548 g/mol. The topological polar surface area (TPSA) is 77.5 Å². The normalized spacial score (nSPS) is 36.8. The molecule has 3 saturated carbocycles. The molecule has 4 aliphatic carbocycles. The second-order valence-electron chi connectivity index (χ2n) is 13.9. The van der Waals surface area contributed by atoms with Crippen LogP contribution in [0.5, 0.6) is 11.5 Å². The van der Waals surface area contributed by atoms with Gasteiger partial charge < -0.3 is 24.2 Å². The second kappa shape index (κ2) is 8.24. The van der Waals surface area contributed by atoms with Crippen LogP contribution in [0.4, 0.5) is 0 Å². The molecular formula is C33H41NO6. The van der Waals surface area contributed by atoms with Gasteiger partial charge in [0.25, 0.3) is 0 Å². The highest BCUT2D eigenvalue weighted by Gasteiger charge is 2.82. The number of ether oxygens (including phenoxy) is 3. The van der Waals surface area contributed by atoms with Gasteiger partial charge in [-0.15, -0.1) is 5.06 Å². The Morgan fingerprint density at radius 3 is 2.48 bits per heavy atom. The summed E-state index contributed by atoms with van der Waals surface area (Å²) in [5, 5.41) is 14.3. The number of fused-ring (bicyclic) bond motifs is 2. The smallest absolute Gasteiger partial charge is 0.357 e. The zero-order chi connectivity index (χ0) is 28.3. The van der Waals surface area contributed by atoms with Gasteiger partial charge in [-0.1, -0.05) is 45.0 Å². The summed E-state index contributed by atoms with van der Waals surface area (Å²) in [5.74, 6) is 1.08. The van der Waals surface area contributed by atoms with Crippen LogP contribution in [0.1, 0.15) is 74.9 Å². The number of carbonyl (C=O) groups is 1. The molecule has 6 aliphatic rings. The number of benzene rings is 2. The minimum absolute atomic E-state index is 0.0414. The molecule has 0 amide bonds. The van der Waals surface area contributed by atoms with E-state index in [0.29, 0.717) is 12.1 Å². The van der Waals surface area contributed by atoms with E-state index >= 15 is 0 Å². The van der Waals surface area contributed by atoms with Gasteiger partial charge in [-0.2, -0.15) is 0 Å². The summed E-state index contributed by atoms with van der Waals surface area (Å²) >= 11 is 0. The van der Waals surface area contributed by atoms with Crippen molar-refractivity contribution in [2.24, 2.45) is 16.7 Å². The summed E-state index contributed by atoms with van der Waals surface area (Å²) in [5.41, 5.74) is 0.378. The van der Waals surface area contributed by atoms with Gasteiger partial charge >= 0.3 is 5.97 Å². The fraction of sp³-hybridized carbons (Fsp3) is 0.606. The van der Waals surface area contributed by atoms with E-state index in [1.807, 2.05) is 36.3 Å². The number of aliphatic hydroxyl groups is 1. The third kappa shape index (κ3) is 2.94. The number of piperidine rings is 1. The number of hydrogen-bond donors (Lipinski definition) is 1. The summed E-state index contributed by atoms with van der Waals surface area (Å²) < 4.78 is 19.5. The van der Waals surface area contributed by atoms with E-state index in [-0.39, 0.29) is 40.3 Å². The molecule has 2 spiro atoms. The van der Waals surface area contributed by atoms with Crippen molar-refractivity contribution in [3.05, 3.63) is 59.2 Å². The summed E-state index contributed by atoms with van der Waals surface area (Å²) in [4.78, 5) is 19.6. The molecule has 7 heteroatoms. The summed E-state index contributed by atoms with van der Waals surface area (Å²) in [7, 11) is 3.49. The van der Waals surface area contributed by atoms with Crippen molar-refractivity contribution in [1.82, 2.24) is 5.06 Å². The van der Waals surface area contributed by atoms with Crippen molar-refractivity contribution in [3.63, 3.8) is 0 Å². The number of methoxy groups -OCH3 is 2. The summed E-state index contributed by atoms with van der Waals surface area (Å²) in [6.07, 6.45) is 3.71. The average Bonchev–Trinajstić information content (AvgIpc) is 3.31. The molecule has 7 atom stereocenters. The maximum atomic E-state index is 13.3. The van der Waals surface area contributed by atoms with E-state index in [4.69, 9.17) is 19.0 Å². The van der Waals surface area contributed by atoms with Crippen LogP contribution in [0.2, 0.25) is 0 Å². The minimum atomic E-state index is -1.03. The number of nitrogens with zero attached hydrogens (tertiary/aromatic N) is 1. The lowest BCUT2D eigenvalue weighted by Gasteiger charge is -2.74. The molecular weight excluding hydrogens is 506 g/mol. The van der Waals surface area contributed by atoms with Gasteiger partial charge in [-0.3, -0.25) is 0 Å². The maximum absolute atomic E-state index is 13.3. The van der Waals surface area contributed by atoms with E-state index in [0.717, 1.165) is 43.6 Å². The van der Waals surface area contributed by atoms with E-state index in [1.165, 1.54) is 11.1 Å². The van der Waals surface area contributed by atoms with Crippen LogP contribution >= 0.6 is 0 Å². The van der Waals surface area contributed by atoms with Crippen LogP contribution in [0, 0.1) is 16.7 Å². The Morgan fingerprint density at radius 2 is 1.80 bits per heavy atom. The van der Waals surface area contributed by atoms with E-state index < -0.39 is 11.2 Å². The van der Waals surface area contributed by atoms with Crippen LogP contribution in [-0.4, -0.2) is 60.3 Å². The van der Waals surface area contributed by atoms with Crippen molar-refractivity contribution in [2.75, 3.05) is 20.8 Å². The molecule has 1 unspecified atom stereocenters. The molecule has 7 nitrogen and oxygen atoms in total. The van der Waals surface area contributed by atoms with Crippen LogP contribution in [-0.2, 0) is 21.4 Å². The Morgan fingerprint density at radius 1 is 1.05 bits per heavy atom. The highest BCUT2D eigenvalue weighted by Crippen LogP contribution is 2.78. The molecule has 2 heterocycles. The number of rotatable bonds is 5. The Bertz CT molecular complexity index is 1370. The first-order chi connectivity index (χ1) is 19.0. The lowest BCUT2D eigenvalue weighted by molar-refractivity contribution is -0.332. The molecule has 0 aromatic heterocycles. The Hall–Kier alpha value is -2.61. The van der Waals surface area contributed by atoms with Crippen molar-refractivity contribution >= 4 is 5.97 Å². The monoisotopic (exact) mass is 547 g/mol. The van der Waals surface area contributed by atoms with Crippen LogP contribution in [0.25, 0.3) is 0 Å². The summed E-state index contributed by atoms with van der Waals surface area (Å²) in [6.45, 7) is 8.90. The third-order valence-electron chi connectivity index (χ3n) is 11.9. The van der Waals surface area contributed by atoms with Crippen molar-refractivity contribution in [2.45, 2.75) is 88.6 Å². The quantitative estimate of drug-likeness (QED) is 0.560. The molecule has 1 N–H and O–H groups in total. The number of carbonyl (C=O) groups excluding carboxylic acids is 1. The molecule has 1 saturated heterocycles. The van der Waals surface area contributed by atoms with Crippen molar-refractivity contribution in [1.29, 1.82) is 0 Å². The van der Waals surface area contributed by atoms with Crippen LogP contribution in [0.3, 0.4) is 0 Å². The largest absolute Gasteiger partial charge is 0.493 e. The summed E-state index contributed by atoms with van der Waals surface area (Å²) in [6, 6.07) is 13.3. The highest BCUT2D eigenvalue weighted by molar-refractivity contribution is 5.89. The molecule has 2 aliphatic heterocycles. The zero-order valence-electron chi connectivity index (χ0n) is 24.5. The lowest BCUT2D eigenvalue weighted by Crippen LogP contribution is -2.83. The van der Waals surface area contributed by atoms with E-state index in [9.17, 15) is 9.90 Å². The van der Waals surface area contributed by atoms with Gasteiger partial charge in [0.15, 0.2) is 11.5 Å². The van der Waals surface area contributed by atoms with E-state index in [1.54, 1.807) is 26.4 Å². The number of hydrogen-bond acceptors (Lipinski definition) is 7. The Balaban J connectivity index is 1.41. The van der Waals surface area contributed by atoms with Gasteiger partial charge in [0.2, 0.25) is 0 Å². The first kappa shape index (κ1) is 26.3. The fourth-order valence-corrected chi connectivity index (χ4v) is 9.59.